The number of sulfonamides is 1. The smallest absolute Gasteiger partial charge is 0.271 e. The van der Waals surface area contributed by atoms with Gasteiger partial charge >= 0.3 is 0 Å². The molecule has 3 N–H and O–H groups in total. The van der Waals surface area contributed by atoms with E-state index in [-0.39, 0.29) is 16.4 Å². The lowest BCUT2D eigenvalue weighted by atomic mass is 9.89. The highest BCUT2D eigenvalue weighted by Crippen LogP contribution is 2.31. The normalized spacial score (nSPS) is 14.4. The van der Waals surface area contributed by atoms with Crippen LogP contribution in [0, 0.1) is 13.8 Å². The van der Waals surface area contributed by atoms with Gasteiger partial charge in [0.25, 0.3) is 5.56 Å². The molecule has 34 heavy (non-hydrogen) atoms. The number of carbonyl (C=O) groups is 1. The van der Waals surface area contributed by atoms with Gasteiger partial charge < -0.3 is 5.32 Å². The Morgan fingerprint density at radius 1 is 1.06 bits per heavy atom. The number of fused-ring (bicyclic) bond motifs is 1. The zero-order valence-corrected chi connectivity index (χ0v) is 20.3. The molecule has 0 fully saturated rings. The highest BCUT2D eigenvalue weighted by atomic mass is 32.2. The molecule has 9 heteroatoms. The van der Waals surface area contributed by atoms with Crippen LogP contribution in [0.2, 0.25) is 0 Å². The Morgan fingerprint density at radius 2 is 1.71 bits per heavy atom. The van der Waals surface area contributed by atoms with Crippen molar-refractivity contribution >= 4 is 21.6 Å². The van der Waals surface area contributed by atoms with Gasteiger partial charge in [-0.25, -0.2) is 18.2 Å². The quantitative estimate of drug-likeness (QED) is 0.580. The Balaban J connectivity index is 1.81. The molecule has 3 aromatic rings. The van der Waals surface area contributed by atoms with Gasteiger partial charge in [-0.15, -0.1) is 0 Å². The number of rotatable bonds is 5. The van der Waals surface area contributed by atoms with Gasteiger partial charge in [0.05, 0.1) is 10.6 Å². The SMILES string of the molecule is Cc1ccc(NC(=O)C(C)n2nc(-c3ccc(C)c(S(N)(=O)=O)c3)c3c(c2=O)CCCC3)cc1. The molecule has 0 radical (unpaired) electrons. The molecular formula is C25H28N4O4S. The lowest BCUT2D eigenvalue weighted by Gasteiger charge is -2.23. The second-order valence-electron chi connectivity index (χ2n) is 8.82. The van der Waals surface area contributed by atoms with E-state index in [1.807, 2.05) is 19.1 Å². The lowest BCUT2D eigenvalue weighted by molar-refractivity contribution is -0.119. The number of nitrogens with zero attached hydrogens (tertiary/aromatic N) is 2. The summed E-state index contributed by atoms with van der Waals surface area (Å²) in [6.07, 6.45) is 3.02. The summed E-state index contributed by atoms with van der Waals surface area (Å²) < 4.78 is 25.4. The van der Waals surface area contributed by atoms with Crippen molar-refractivity contribution in [3.63, 3.8) is 0 Å². The van der Waals surface area contributed by atoms with E-state index in [1.54, 1.807) is 38.1 Å². The van der Waals surface area contributed by atoms with Crippen LogP contribution in [0.15, 0.2) is 52.2 Å². The minimum atomic E-state index is -3.93. The molecule has 1 amide bonds. The Hall–Kier alpha value is -3.30. The van der Waals surface area contributed by atoms with Gasteiger partial charge in [0.2, 0.25) is 15.9 Å². The number of amides is 1. The number of aryl methyl sites for hydroxylation is 2. The van der Waals surface area contributed by atoms with Crippen molar-refractivity contribution in [1.82, 2.24) is 9.78 Å². The van der Waals surface area contributed by atoms with Gasteiger partial charge in [-0.2, -0.15) is 5.10 Å². The molecule has 2 aromatic carbocycles. The van der Waals surface area contributed by atoms with Crippen LogP contribution in [-0.2, 0) is 27.7 Å². The Kier molecular flexibility index (Phi) is 6.42. The zero-order chi connectivity index (χ0) is 24.6. The molecule has 1 aliphatic carbocycles. The number of nitrogens with one attached hydrogen (secondary N) is 1. The van der Waals surface area contributed by atoms with Crippen LogP contribution in [0.4, 0.5) is 5.69 Å². The third kappa shape index (κ3) is 4.67. The van der Waals surface area contributed by atoms with Crippen LogP contribution in [-0.4, -0.2) is 24.1 Å². The maximum Gasteiger partial charge on any atom is 0.271 e. The van der Waals surface area contributed by atoms with Crippen molar-refractivity contribution in [2.24, 2.45) is 5.14 Å². The number of nitrogens with two attached hydrogens (primary N) is 1. The van der Waals surface area contributed by atoms with Crippen LogP contribution < -0.4 is 16.0 Å². The minimum absolute atomic E-state index is 0.0132. The number of aromatic nitrogens is 2. The van der Waals surface area contributed by atoms with Crippen molar-refractivity contribution < 1.29 is 13.2 Å². The van der Waals surface area contributed by atoms with E-state index < -0.39 is 16.1 Å². The van der Waals surface area contributed by atoms with E-state index in [4.69, 9.17) is 5.14 Å². The largest absolute Gasteiger partial charge is 0.324 e. The molecule has 0 saturated heterocycles. The average Bonchev–Trinajstić information content (AvgIpc) is 2.80. The number of carbonyl (C=O) groups excluding carboxylic acids is 1. The van der Waals surface area contributed by atoms with Gasteiger partial charge in [0.1, 0.15) is 6.04 Å². The van der Waals surface area contributed by atoms with E-state index in [0.29, 0.717) is 40.9 Å². The Labute approximate surface area is 198 Å². The molecule has 8 nitrogen and oxygen atoms in total. The molecule has 1 unspecified atom stereocenters. The number of anilines is 1. The van der Waals surface area contributed by atoms with Crippen LogP contribution in [0.5, 0.6) is 0 Å². The van der Waals surface area contributed by atoms with E-state index in [0.717, 1.165) is 24.0 Å². The Bertz CT molecular complexity index is 1430. The van der Waals surface area contributed by atoms with E-state index in [1.165, 1.54) is 10.7 Å². The summed E-state index contributed by atoms with van der Waals surface area (Å²) in [5.41, 5.74) is 4.43. The average molecular weight is 481 g/mol. The van der Waals surface area contributed by atoms with Crippen molar-refractivity contribution in [1.29, 1.82) is 0 Å². The maximum absolute atomic E-state index is 13.3. The van der Waals surface area contributed by atoms with Gasteiger partial charge in [-0.05, 0) is 75.8 Å². The van der Waals surface area contributed by atoms with Crippen LogP contribution >= 0.6 is 0 Å². The second kappa shape index (κ2) is 9.15. The predicted octanol–water partition coefficient (Wildman–Crippen LogP) is 3.25. The molecule has 4 rings (SSSR count). The third-order valence-electron chi connectivity index (χ3n) is 6.26. The first kappa shape index (κ1) is 23.8. The first-order valence-corrected chi connectivity index (χ1v) is 12.8. The first-order valence-electron chi connectivity index (χ1n) is 11.2. The van der Waals surface area contributed by atoms with Crippen molar-refractivity contribution in [2.45, 2.75) is 57.4 Å². The molecule has 0 aliphatic heterocycles. The third-order valence-corrected chi connectivity index (χ3v) is 7.31. The topological polar surface area (TPSA) is 124 Å². The van der Waals surface area contributed by atoms with Crippen LogP contribution in [0.25, 0.3) is 11.3 Å². The Morgan fingerprint density at radius 3 is 2.35 bits per heavy atom. The number of hydrogen-bond donors (Lipinski definition) is 2. The number of hydrogen-bond acceptors (Lipinski definition) is 5. The molecule has 0 saturated carbocycles. The zero-order valence-electron chi connectivity index (χ0n) is 19.5. The molecule has 1 atom stereocenters. The second-order valence-corrected chi connectivity index (χ2v) is 10.3. The summed E-state index contributed by atoms with van der Waals surface area (Å²) in [6, 6.07) is 11.5. The summed E-state index contributed by atoms with van der Waals surface area (Å²) in [6.45, 7) is 5.26. The summed E-state index contributed by atoms with van der Waals surface area (Å²) in [7, 11) is -3.93. The predicted molar refractivity (Wildman–Crippen MR) is 131 cm³/mol. The number of primary sulfonamides is 1. The van der Waals surface area contributed by atoms with Crippen molar-refractivity contribution in [3.05, 3.63) is 75.1 Å². The molecule has 1 aromatic heterocycles. The van der Waals surface area contributed by atoms with Crippen molar-refractivity contribution in [2.75, 3.05) is 5.32 Å². The molecule has 0 bridgehead atoms. The van der Waals surface area contributed by atoms with Crippen molar-refractivity contribution in [3.8, 4) is 11.3 Å². The summed E-state index contributed by atoms with van der Waals surface area (Å²) >= 11 is 0. The summed E-state index contributed by atoms with van der Waals surface area (Å²) in [5.74, 6) is -0.366. The van der Waals surface area contributed by atoms with E-state index in [9.17, 15) is 18.0 Å². The van der Waals surface area contributed by atoms with Gasteiger partial charge in [0.15, 0.2) is 0 Å². The van der Waals surface area contributed by atoms with Crippen LogP contribution in [0.3, 0.4) is 0 Å². The number of benzene rings is 2. The molecule has 178 valence electrons. The molecular weight excluding hydrogens is 452 g/mol. The van der Waals surface area contributed by atoms with Gasteiger partial charge in [-0.3, -0.25) is 9.59 Å². The minimum Gasteiger partial charge on any atom is -0.324 e. The van der Waals surface area contributed by atoms with Gasteiger partial charge in [-0.1, -0.05) is 29.8 Å². The fraction of sp³-hybridized carbons (Fsp3) is 0.320. The van der Waals surface area contributed by atoms with Gasteiger partial charge in [0, 0.05) is 16.8 Å². The highest BCUT2D eigenvalue weighted by molar-refractivity contribution is 7.89. The van der Waals surface area contributed by atoms with E-state index in [2.05, 4.69) is 10.4 Å². The maximum atomic E-state index is 13.3. The standard InChI is InChI=1S/C25H28N4O4S/c1-15-8-12-19(13-9-15)27-24(30)17(3)29-25(31)21-7-5-4-6-20(21)23(28-29)18-11-10-16(2)22(14-18)34(26,32)33/h8-14,17H,4-7H2,1-3H3,(H,27,30)(H2,26,32,33). The fourth-order valence-corrected chi connectivity index (χ4v) is 5.11. The van der Waals surface area contributed by atoms with E-state index >= 15 is 0 Å². The monoisotopic (exact) mass is 480 g/mol. The molecule has 1 heterocycles. The molecule has 1 aliphatic rings. The molecule has 0 spiro atoms. The summed E-state index contributed by atoms with van der Waals surface area (Å²) in [5, 5.41) is 12.8. The van der Waals surface area contributed by atoms with Crippen LogP contribution in [0.1, 0.15) is 48.1 Å². The lowest BCUT2D eigenvalue weighted by Crippen LogP contribution is -2.37. The highest BCUT2D eigenvalue weighted by Gasteiger charge is 2.26. The fourth-order valence-electron chi connectivity index (χ4n) is 4.30. The first-order chi connectivity index (χ1) is 16.1. The summed E-state index contributed by atoms with van der Waals surface area (Å²) in [4.78, 5) is 26.3.